The Morgan fingerprint density at radius 1 is 1.13 bits per heavy atom. The molecule has 3 fully saturated rings. The Balaban J connectivity index is 1.53. The Morgan fingerprint density at radius 2 is 1.74 bits per heavy atom. The van der Waals surface area contributed by atoms with Gasteiger partial charge in [0.2, 0.25) is 10.0 Å². The topological polar surface area (TPSA) is 58.6 Å². The Hall–Kier alpha value is -0.170. The van der Waals surface area contributed by atoms with Crippen molar-refractivity contribution in [3.63, 3.8) is 0 Å². The van der Waals surface area contributed by atoms with Crippen molar-refractivity contribution in [2.45, 2.75) is 82.2 Å². The van der Waals surface area contributed by atoms with Gasteiger partial charge in [-0.1, -0.05) is 13.8 Å². The number of sulfonamides is 1. The highest BCUT2D eigenvalue weighted by molar-refractivity contribution is 7.90. The largest absolute Gasteiger partial charge is 0.381 e. The molecule has 1 aliphatic heterocycles. The van der Waals surface area contributed by atoms with Crippen LogP contribution in [0.1, 0.15) is 58.8 Å². The third kappa shape index (κ3) is 3.08. The summed E-state index contributed by atoms with van der Waals surface area (Å²) >= 11 is 0. The van der Waals surface area contributed by atoms with E-state index in [1.807, 2.05) is 7.11 Å². The maximum Gasteiger partial charge on any atom is 0.216 e. The summed E-state index contributed by atoms with van der Waals surface area (Å²) in [5.41, 5.74) is 0.256. The maximum absolute atomic E-state index is 12.3. The summed E-state index contributed by atoms with van der Waals surface area (Å²) in [6.45, 7) is 5.88. The summed E-state index contributed by atoms with van der Waals surface area (Å²) in [4.78, 5) is 0. The minimum Gasteiger partial charge on any atom is -0.381 e. The van der Waals surface area contributed by atoms with E-state index in [0.717, 1.165) is 44.9 Å². The molecule has 134 valence electrons. The van der Waals surface area contributed by atoms with Gasteiger partial charge in [-0.2, -0.15) is 0 Å². The molecule has 1 saturated heterocycles. The predicted octanol–water partition coefficient (Wildman–Crippen LogP) is 2.13. The van der Waals surface area contributed by atoms with E-state index in [1.165, 1.54) is 0 Å². The zero-order chi connectivity index (χ0) is 16.7. The smallest absolute Gasteiger partial charge is 0.216 e. The van der Waals surface area contributed by atoms with Gasteiger partial charge < -0.3 is 10.1 Å². The highest BCUT2D eigenvalue weighted by atomic mass is 32.2. The molecule has 0 aromatic rings. The number of piperidine rings is 1. The molecule has 6 heteroatoms. The molecule has 0 radical (unpaired) electrons. The lowest BCUT2D eigenvalue weighted by Gasteiger charge is -2.56. The fourth-order valence-corrected chi connectivity index (χ4v) is 6.52. The van der Waals surface area contributed by atoms with E-state index >= 15 is 0 Å². The Morgan fingerprint density at radius 3 is 2.22 bits per heavy atom. The lowest BCUT2D eigenvalue weighted by atomic mass is 9.58. The predicted molar refractivity (Wildman–Crippen MR) is 91.9 cm³/mol. The summed E-state index contributed by atoms with van der Waals surface area (Å²) in [6.07, 6.45) is 7.30. The van der Waals surface area contributed by atoms with Crippen molar-refractivity contribution >= 4 is 10.0 Å². The molecule has 3 aliphatic rings. The zero-order valence-corrected chi connectivity index (χ0v) is 15.6. The lowest BCUT2D eigenvalue weighted by Crippen LogP contribution is -2.65. The van der Waals surface area contributed by atoms with Crippen molar-refractivity contribution in [2.75, 3.05) is 20.2 Å². The van der Waals surface area contributed by atoms with Gasteiger partial charge in [-0.25, -0.2) is 12.7 Å². The summed E-state index contributed by atoms with van der Waals surface area (Å²) in [5, 5.41) is 3.75. The van der Waals surface area contributed by atoms with E-state index in [-0.39, 0.29) is 10.7 Å². The van der Waals surface area contributed by atoms with E-state index in [2.05, 4.69) is 19.2 Å². The van der Waals surface area contributed by atoms with Crippen LogP contribution in [0, 0.1) is 5.41 Å². The van der Waals surface area contributed by atoms with Crippen molar-refractivity contribution in [1.29, 1.82) is 0 Å². The fraction of sp³-hybridized carbons (Fsp3) is 1.00. The highest BCUT2D eigenvalue weighted by Crippen LogP contribution is 2.49. The van der Waals surface area contributed by atoms with Gasteiger partial charge in [0.15, 0.2) is 0 Å². The molecule has 2 saturated carbocycles. The first kappa shape index (κ1) is 17.6. The lowest BCUT2D eigenvalue weighted by molar-refractivity contribution is -0.127. The molecular formula is C17H32N2O3S. The average molecular weight is 345 g/mol. The van der Waals surface area contributed by atoms with Gasteiger partial charge in [0.05, 0.1) is 11.4 Å². The summed E-state index contributed by atoms with van der Waals surface area (Å²) in [5.74, 6) is 0. The van der Waals surface area contributed by atoms with Crippen molar-refractivity contribution in [1.82, 2.24) is 9.62 Å². The van der Waals surface area contributed by atoms with Gasteiger partial charge in [0, 0.05) is 37.7 Å². The van der Waals surface area contributed by atoms with Crippen LogP contribution in [0.3, 0.4) is 0 Å². The fourth-order valence-electron chi connectivity index (χ4n) is 4.65. The molecule has 5 nitrogen and oxygen atoms in total. The molecule has 0 aromatic carbocycles. The SMILES string of the molecule is CCC1(CC)[C@@H](OC)C[C@H]1NC1CCN(S(=O)(=O)C2CC2)CC1. The monoisotopic (exact) mass is 344 g/mol. The van der Waals surface area contributed by atoms with Gasteiger partial charge in [-0.15, -0.1) is 0 Å². The average Bonchev–Trinajstić information content (AvgIpc) is 3.38. The summed E-state index contributed by atoms with van der Waals surface area (Å²) in [7, 11) is -1.17. The third-order valence-corrected chi connectivity index (χ3v) is 8.98. The molecule has 0 amide bonds. The molecule has 0 bridgehead atoms. The van der Waals surface area contributed by atoms with Crippen LogP contribution in [-0.2, 0) is 14.8 Å². The van der Waals surface area contributed by atoms with Crippen molar-refractivity contribution in [3.05, 3.63) is 0 Å². The highest BCUT2D eigenvalue weighted by Gasteiger charge is 2.53. The first-order valence-electron chi connectivity index (χ1n) is 9.25. The normalized spacial score (nSPS) is 32.7. The van der Waals surface area contributed by atoms with E-state index < -0.39 is 10.0 Å². The Kier molecular flexibility index (Phi) is 5.08. The number of rotatable bonds is 7. The van der Waals surface area contributed by atoms with Crippen molar-refractivity contribution in [2.24, 2.45) is 5.41 Å². The second-order valence-corrected chi connectivity index (χ2v) is 9.75. The number of methoxy groups -OCH3 is 1. The maximum atomic E-state index is 12.3. The van der Waals surface area contributed by atoms with Gasteiger partial charge >= 0.3 is 0 Å². The van der Waals surface area contributed by atoms with Crippen LogP contribution in [0.15, 0.2) is 0 Å². The number of ether oxygens (including phenoxy) is 1. The van der Waals surface area contributed by atoms with Gasteiger partial charge in [-0.3, -0.25) is 0 Å². The first-order valence-corrected chi connectivity index (χ1v) is 10.8. The van der Waals surface area contributed by atoms with Crippen molar-refractivity contribution in [3.8, 4) is 0 Å². The molecule has 1 N–H and O–H groups in total. The van der Waals surface area contributed by atoms with E-state index in [1.54, 1.807) is 4.31 Å². The van der Waals surface area contributed by atoms with Gasteiger partial charge in [0.1, 0.15) is 0 Å². The van der Waals surface area contributed by atoms with Crippen LogP contribution in [0.25, 0.3) is 0 Å². The first-order chi connectivity index (χ1) is 11.0. The van der Waals surface area contributed by atoms with Crippen LogP contribution in [-0.4, -0.2) is 56.4 Å². The van der Waals surface area contributed by atoms with Crippen LogP contribution in [0.5, 0.6) is 0 Å². The third-order valence-electron chi connectivity index (χ3n) is 6.58. The van der Waals surface area contributed by atoms with Crippen LogP contribution >= 0.6 is 0 Å². The van der Waals surface area contributed by atoms with E-state index in [0.29, 0.717) is 31.3 Å². The number of hydrogen-bond acceptors (Lipinski definition) is 4. The molecular weight excluding hydrogens is 312 g/mol. The second-order valence-electron chi connectivity index (χ2n) is 7.54. The number of nitrogens with zero attached hydrogens (tertiary/aromatic N) is 1. The van der Waals surface area contributed by atoms with Gasteiger partial charge in [-0.05, 0) is 44.9 Å². The minimum atomic E-state index is -2.99. The molecule has 2 aliphatic carbocycles. The van der Waals surface area contributed by atoms with Crippen LogP contribution in [0.2, 0.25) is 0 Å². The van der Waals surface area contributed by atoms with Crippen molar-refractivity contribution < 1.29 is 13.2 Å². The molecule has 0 unspecified atom stereocenters. The van der Waals surface area contributed by atoms with E-state index in [9.17, 15) is 8.42 Å². The Labute approximate surface area is 141 Å². The standard InChI is InChI=1S/C17H32N2O3S/c1-4-17(5-2)15(12-16(17)22-3)18-13-8-10-19(11-9-13)23(20,21)14-6-7-14/h13-16,18H,4-12H2,1-3H3/t15-,16+/m1/s1. The number of hydrogen-bond donors (Lipinski definition) is 1. The quantitative estimate of drug-likeness (QED) is 0.769. The molecule has 3 rings (SSSR count). The number of nitrogens with one attached hydrogen (secondary N) is 1. The van der Waals surface area contributed by atoms with E-state index in [4.69, 9.17) is 4.74 Å². The van der Waals surface area contributed by atoms with Crippen LogP contribution in [0.4, 0.5) is 0 Å². The van der Waals surface area contributed by atoms with Gasteiger partial charge in [0.25, 0.3) is 0 Å². The minimum absolute atomic E-state index is 0.0751. The summed E-state index contributed by atoms with van der Waals surface area (Å²) in [6, 6.07) is 0.958. The Bertz CT molecular complexity index is 506. The second kappa shape index (κ2) is 6.62. The van der Waals surface area contributed by atoms with Crippen LogP contribution < -0.4 is 5.32 Å². The molecule has 2 atom stereocenters. The molecule has 0 spiro atoms. The molecule has 0 aromatic heterocycles. The molecule has 1 heterocycles. The molecule has 23 heavy (non-hydrogen) atoms. The zero-order valence-electron chi connectivity index (χ0n) is 14.8. The summed E-state index contributed by atoms with van der Waals surface area (Å²) < 4.78 is 32.0.